The first-order valence-corrected chi connectivity index (χ1v) is 9.61. The molecule has 3 atom stereocenters. The van der Waals surface area contributed by atoms with Crippen LogP contribution in [0.4, 0.5) is 8.78 Å². The lowest BCUT2D eigenvalue weighted by Gasteiger charge is -2.32. The second-order valence-corrected chi connectivity index (χ2v) is 8.50. The molecule has 0 spiro atoms. The number of halogens is 2. The molecule has 1 aliphatic rings. The zero-order chi connectivity index (χ0) is 16.3. The molecule has 1 aliphatic carbocycles. The van der Waals surface area contributed by atoms with Crippen LogP contribution in [0.5, 0.6) is 0 Å². The lowest BCUT2D eigenvalue weighted by molar-refractivity contribution is 0.364. The summed E-state index contributed by atoms with van der Waals surface area (Å²) in [6, 6.07) is 3.49. The summed E-state index contributed by atoms with van der Waals surface area (Å²) in [7, 11) is -3.09. The summed E-state index contributed by atoms with van der Waals surface area (Å²) in [5.41, 5.74) is 0.445. The number of sulfone groups is 1. The van der Waals surface area contributed by atoms with E-state index in [-0.39, 0.29) is 17.2 Å². The number of hydrogen-bond acceptors (Lipinski definition) is 3. The Morgan fingerprint density at radius 2 is 1.95 bits per heavy atom. The zero-order valence-electron chi connectivity index (χ0n) is 13.0. The van der Waals surface area contributed by atoms with Gasteiger partial charge in [-0.15, -0.1) is 0 Å². The largest absolute Gasteiger partial charge is 0.312 e. The highest BCUT2D eigenvalue weighted by Gasteiger charge is 2.32. The summed E-state index contributed by atoms with van der Waals surface area (Å²) in [6.45, 7) is 2.32. The van der Waals surface area contributed by atoms with Gasteiger partial charge in [0.1, 0.15) is 11.6 Å². The standard InChI is InChI=1S/C16H23F2NO2S/c1-11(13-8-7-12(17)9-14(13)18)10-19-15-5-3-4-6-16(15)22(2,20)21/h7-9,11,15-16,19H,3-6,10H2,1-2H3/t11-,15+,16-/m1/s1. The van der Waals surface area contributed by atoms with Crippen LogP contribution in [-0.4, -0.2) is 32.5 Å². The van der Waals surface area contributed by atoms with Crippen LogP contribution < -0.4 is 5.32 Å². The van der Waals surface area contributed by atoms with Crippen molar-refractivity contribution in [1.29, 1.82) is 0 Å². The molecule has 0 bridgehead atoms. The summed E-state index contributed by atoms with van der Waals surface area (Å²) in [5, 5.41) is 2.91. The third kappa shape index (κ3) is 4.26. The fraction of sp³-hybridized carbons (Fsp3) is 0.625. The molecule has 2 rings (SSSR count). The van der Waals surface area contributed by atoms with Gasteiger partial charge in [-0.3, -0.25) is 0 Å². The highest BCUT2D eigenvalue weighted by Crippen LogP contribution is 2.25. The molecule has 0 unspecified atom stereocenters. The minimum Gasteiger partial charge on any atom is -0.312 e. The van der Waals surface area contributed by atoms with Gasteiger partial charge in [0.2, 0.25) is 0 Å². The second-order valence-electron chi connectivity index (χ2n) is 6.23. The van der Waals surface area contributed by atoms with Crippen LogP contribution in [0.1, 0.15) is 44.1 Å². The average Bonchev–Trinajstić information content (AvgIpc) is 2.44. The summed E-state index contributed by atoms with van der Waals surface area (Å²) in [5.74, 6) is -1.30. The van der Waals surface area contributed by atoms with E-state index in [0.29, 0.717) is 18.5 Å². The first-order chi connectivity index (χ1) is 10.3. The van der Waals surface area contributed by atoms with Gasteiger partial charge in [-0.25, -0.2) is 17.2 Å². The van der Waals surface area contributed by atoms with Gasteiger partial charge >= 0.3 is 0 Å². The van der Waals surface area contributed by atoms with E-state index < -0.39 is 21.5 Å². The summed E-state index contributed by atoms with van der Waals surface area (Å²) in [6.07, 6.45) is 4.70. The maximum Gasteiger partial charge on any atom is 0.151 e. The van der Waals surface area contributed by atoms with Crippen molar-refractivity contribution in [2.75, 3.05) is 12.8 Å². The highest BCUT2D eigenvalue weighted by molar-refractivity contribution is 7.91. The molecular formula is C16H23F2NO2S. The number of hydrogen-bond donors (Lipinski definition) is 1. The molecule has 0 heterocycles. The maximum atomic E-state index is 13.8. The minimum absolute atomic E-state index is 0.0882. The Kier molecular flexibility index (Phi) is 5.55. The molecule has 1 aromatic rings. The Balaban J connectivity index is 2.01. The molecule has 0 saturated heterocycles. The van der Waals surface area contributed by atoms with Gasteiger partial charge in [-0.1, -0.05) is 25.8 Å². The van der Waals surface area contributed by atoms with Gasteiger partial charge in [0.25, 0.3) is 0 Å². The van der Waals surface area contributed by atoms with Gasteiger partial charge in [0, 0.05) is 24.9 Å². The number of rotatable bonds is 5. The van der Waals surface area contributed by atoms with Gasteiger partial charge in [-0.05, 0) is 30.4 Å². The molecule has 6 heteroatoms. The lowest BCUT2D eigenvalue weighted by atomic mass is 9.93. The third-order valence-corrected chi connectivity index (χ3v) is 6.10. The van der Waals surface area contributed by atoms with Crippen LogP contribution in [0.15, 0.2) is 18.2 Å². The van der Waals surface area contributed by atoms with Crippen molar-refractivity contribution in [1.82, 2.24) is 5.32 Å². The molecule has 1 N–H and O–H groups in total. The topological polar surface area (TPSA) is 46.2 Å². The molecule has 1 fully saturated rings. The fourth-order valence-corrected chi connectivity index (χ4v) is 4.61. The summed E-state index contributed by atoms with van der Waals surface area (Å²) in [4.78, 5) is 0. The number of nitrogens with one attached hydrogen (secondary N) is 1. The minimum atomic E-state index is -3.09. The molecular weight excluding hydrogens is 308 g/mol. The van der Waals surface area contributed by atoms with E-state index >= 15 is 0 Å². The second kappa shape index (κ2) is 7.04. The van der Waals surface area contributed by atoms with E-state index in [1.807, 2.05) is 6.92 Å². The molecule has 3 nitrogen and oxygen atoms in total. The van der Waals surface area contributed by atoms with E-state index in [0.717, 1.165) is 25.3 Å². The Bertz CT molecular complexity index is 619. The van der Waals surface area contributed by atoms with Crippen molar-refractivity contribution in [3.8, 4) is 0 Å². The van der Waals surface area contributed by atoms with Crippen LogP contribution >= 0.6 is 0 Å². The molecule has 1 aromatic carbocycles. The maximum absolute atomic E-state index is 13.8. The zero-order valence-corrected chi connectivity index (χ0v) is 13.8. The van der Waals surface area contributed by atoms with Crippen molar-refractivity contribution < 1.29 is 17.2 Å². The first-order valence-electron chi connectivity index (χ1n) is 7.66. The van der Waals surface area contributed by atoms with Crippen LogP contribution in [0.2, 0.25) is 0 Å². The lowest BCUT2D eigenvalue weighted by Crippen LogP contribution is -2.47. The molecule has 22 heavy (non-hydrogen) atoms. The molecule has 124 valence electrons. The predicted octanol–water partition coefficient (Wildman–Crippen LogP) is 3.01. The quantitative estimate of drug-likeness (QED) is 0.902. The SMILES string of the molecule is C[C@H](CN[C@H]1CCCC[C@H]1S(C)(=O)=O)c1ccc(F)cc1F. The van der Waals surface area contributed by atoms with E-state index in [1.54, 1.807) is 0 Å². The Labute approximate surface area is 131 Å². The normalized spacial score (nSPS) is 24.2. The van der Waals surface area contributed by atoms with Crippen LogP contribution in [0.3, 0.4) is 0 Å². The Hall–Kier alpha value is -1.01. The van der Waals surface area contributed by atoms with Crippen LogP contribution in [0.25, 0.3) is 0 Å². The van der Waals surface area contributed by atoms with Crippen LogP contribution in [0, 0.1) is 11.6 Å². The fourth-order valence-electron chi connectivity index (χ4n) is 3.18. The van der Waals surface area contributed by atoms with Crippen LogP contribution in [-0.2, 0) is 9.84 Å². The monoisotopic (exact) mass is 331 g/mol. The van der Waals surface area contributed by atoms with Gasteiger partial charge in [0.05, 0.1) is 5.25 Å². The molecule has 0 amide bonds. The predicted molar refractivity (Wildman–Crippen MR) is 83.7 cm³/mol. The van der Waals surface area contributed by atoms with Crippen molar-refractivity contribution in [2.24, 2.45) is 0 Å². The van der Waals surface area contributed by atoms with Gasteiger partial charge in [0.15, 0.2) is 9.84 Å². The van der Waals surface area contributed by atoms with E-state index in [4.69, 9.17) is 0 Å². The van der Waals surface area contributed by atoms with Gasteiger partial charge < -0.3 is 5.32 Å². The number of benzene rings is 1. The molecule has 0 radical (unpaired) electrons. The summed E-state index contributed by atoms with van der Waals surface area (Å²) >= 11 is 0. The van der Waals surface area contributed by atoms with Crippen molar-refractivity contribution in [3.63, 3.8) is 0 Å². The molecule has 0 aromatic heterocycles. The molecule has 0 aliphatic heterocycles. The Morgan fingerprint density at radius 3 is 2.59 bits per heavy atom. The van der Waals surface area contributed by atoms with Gasteiger partial charge in [-0.2, -0.15) is 0 Å². The van der Waals surface area contributed by atoms with E-state index in [9.17, 15) is 17.2 Å². The van der Waals surface area contributed by atoms with Crippen molar-refractivity contribution >= 4 is 9.84 Å². The average molecular weight is 331 g/mol. The molecule has 1 saturated carbocycles. The smallest absolute Gasteiger partial charge is 0.151 e. The van der Waals surface area contributed by atoms with E-state index in [1.165, 1.54) is 18.4 Å². The van der Waals surface area contributed by atoms with Crippen molar-refractivity contribution in [3.05, 3.63) is 35.4 Å². The highest BCUT2D eigenvalue weighted by atomic mass is 32.2. The van der Waals surface area contributed by atoms with Crippen molar-refractivity contribution in [2.45, 2.75) is 49.8 Å². The third-order valence-electron chi connectivity index (χ3n) is 4.43. The Morgan fingerprint density at radius 1 is 1.27 bits per heavy atom. The first kappa shape index (κ1) is 17.3. The van der Waals surface area contributed by atoms with E-state index in [2.05, 4.69) is 5.32 Å². The summed E-state index contributed by atoms with van der Waals surface area (Å²) < 4.78 is 50.4.